The summed E-state index contributed by atoms with van der Waals surface area (Å²) in [5.74, 6) is 0. The van der Waals surface area contributed by atoms with Crippen molar-refractivity contribution in [3.63, 3.8) is 0 Å². The Bertz CT molecular complexity index is 4550. The Kier molecular flexibility index (Phi) is 17.5. The molecule has 0 bridgehead atoms. The highest BCUT2D eigenvalue weighted by Gasteiger charge is 2.53. The van der Waals surface area contributed by atoms with Crippen LogP contribution in [0, 0.1) is 13.8 Å². The van der Waals surface area contributed by atoms with Gasteiger partial charge in [0.25, 0.3) is 0 Å². The number of aryl methyl sites for hydroxylation is 2. The van der Waals surface area contributed by atoms with Crippen LogP contribution in [-0.2, 0) is 21.7 Å². The molecule has 96 heavy (non-hydrogen) atoms. The Morgan fingerprint density at radius 2 is 0.760 bits per heavy atom. The van der Waals surface area contributed by atoms with Crippen molar-refractivity contribution in [2.75, 3.05) is 9.80 Å². The van der Waals surface area contributed by atoms with Gasteiger partial charge in [0.1, 0.15) is 0 Å². The number of hydrogen-bond donors (Lipinski definition) is 0. The highest BCUT2D eigenvalue weighted by Crippen LogP contribution is 2.43. The van der Waals surface area contributed by atoms with Crippen molar-refractivity contribution in [3.8, 4) is 0 Å². The third-order valence-electron chi connectivity index (χ3n) is 20.2. The average Bonchev–Trinajstić information content (AvgIpc) is 0.680. The molecule has 2 aliphatic rings. The van der Waals surface area contributed by atoms with E-state index in [9.17, 15) is 0 Å². The van der Waals surface area contributed by atoms with Gasteiger partial charge in [-0.15, -0.1) is 0 Å². The van der Waals surface area contributed by atoms with Crippen molar-refractivity contribution in [2.24, 2.45) is 0 Å². The molecule has 0 atom stereocenters. The van der Waals surface area contributed by atoms with E-state index in [0.717, 1.165) is 22.1 Å². The molecule has 0 spiro atoms. The van der Waals surface area contributed by atoms with E-state index in [1.165, 1.54) is 108 Å². The molecule has 0 saturated carbocycles. The van der Waals surface area contributed by atoms with Gasteiger partial charge in [0.15, 0.2) is 16.1 Å². The second-order valence-electron chi connectivity index (χ2n) is 30.8. The fraction of sp³-hybridized carbons (Fsp3) is 0.200. The van der Waals surface area contributed by atoms with Crippen LogP contribution in [0.3, 0.4) is 0 Å². The van der Waals surface area contributed by atoms with E-state index in [4.69, 9.17) is 11.6 Å². The Morgan fingerprint density at radius 3 is 1.21 bits per heavy atom. The summed E-state index contributed by atoms with van der Waals surface area (Å²) in [5.41, 5.74) is 19.3. The third-order valence-corrected chi connectivity index (χ3v) is 30.4. The van der Waals surface area contributed by atoms with Crippen LogP contribution in [0.4, 0.5) is 34.1 Å². The fourth-order valence-corrected chi connectivity index (χ4v) is 26.2. The molecule has 0 aliphatic carbocycles. The Morgan fingerprint density at radius 1 is 0.365 bits per heavy atom. The molecule has 0 amide bonds. The highest BCUT2D eigenvalue weighted by molar-refractivity contribution is 7.27. The molecule has 0 unspecified atom stereocenters. The SMILES string of the molecule is Cc1cc(N(c2ccc(C(C)(C)C)cc2)c2ccc(C(C)(C)C)cc2)c(Cl)c([Si](c2ccccc2)(c2ccccc2)c2ccccc2)c1.Cc1cc2c3c(c1)[Si](c1ccccc1)(c1ccccc1)c1ccccc1B3c1cc(C(C)(C)C)ccc1N2c1ccc(C(C)(C)C)cc1. The van der Waals surface area contributed by atoms with Crippen molar-refractivity contribution >= 4 is 126 Å². The van der Waals surface area contributed by atoms with Crippen molar-refractivity contribution in [2.45, 2.75) is 119 Å². The first-order valence-corrected chi connectivity index (χ1v) is 38.7. The molecule has 14 rings (SSSR count). The maximum atomic E-state index is 7.91. The molecule has 0 aromatic heterocycles. The van der Waals surface area contributed by atoms with Gasteiger partial charge in [0, 0.05) is 28.4 Å². The molecular weight excluding hydrogens is 1210 g/mol. The second kappa shape index (κ2) is 25.5. The standard InChI is InChI=1S/C45H44BNSi.C45H46ClNSi/c1-31-28-40-43-42(29-31)48(35-16-10-8-11-17-35,36-18-12-9-13-19-36)41-21-15-14-20-37(41)46(43)38-30-33(45(5,6)7)24-27-39(38)47(40)34-25-22-32(23-26-34)44(2,3)4;1-33-31-41(47(36-27-23-34(24-28-36)44(2,3)4)37-29-25-35(26-30-37)45(5,6)7)43(46)42(32-33)48(38-17-11-8-12-18-38,39-19-13-9-14-20-39)40-21-15-10-16-22-40/h8-30H,1-7H3;8-32H,1-7H3. The Hall–Kier alpha value is -8.97. The van der Waals surface area contributed by atoms with Gasteiger partial charge in [-0.2, -0.15) is 0 Å². The van der Waals surface area contributed by atoms with Gasteiger partial charge < -0.3 is 9.80 Å². The predicted molar refractivity (Wildman–Crippen MR) is 423 cm³/mol. The zero-order valence-electron chi connectivity index (χ0n) is 58.6. The summed E-state index contributed by atoms with van der Waals surface area (Å²) in [6, 6.07) is 109. The van der Waals surface area contributed by atoms with Crippen LogP contribution in [0.15, 0.2) is 291 Å². The first kappa shape index (κ1) is 65.7. The largest absolute Gasteiger partial charge is 0.312 e. The molecule has 0 N–H and O–H groups in total. The maximum Gasteiger partial charge on any atom is 0.246 e. The molecule has 478 valence electrons. The van der Waals surface area contributed by atoms with Crippen molar-refractivity contribution in [3.05, 3.63) is 330 Å². The minimum Gasteiger partial charge on any atom is -0.312 e. The molecule has 12 aromatic rings. The van der Waals surface area contributed by atoms with Gasteiger partial charge in [-0.05, 0) is 176 Å². The molecule has 6 heteroatoms. The Labute approximate surface area is 580 Å². The second-order valence-corrected chi connectivity index (χ2v) is 38.7. The topological polar surface area (TPSA) is 6.48 Å². The van der Waals surface area contributed by atoms with E-state index >= 15 is 0 Å². The molecule has 0 radical (unpaired) electrons. The number of rotatable bonds is 10. The lowest BCUT2D eigenvalue weighted by Crippen LogP contribution is -2.87. The van der Waals surface area contributed by atoms with Gasteiger partial charge in [-0.25, -0.2) is 0 Å². The van der Waals surface area contributed by atoms with Crippen molar-refractivity contribution in [1.82, 2.24) is 0 Å². The summed E-state index contributed by atoms with van der Waals surface area (Å²) in [4.78, 5) is 4.91. The lowest BCUT2D eigenvalue weighted by Gasteiger charge is -2.47. The minimum absolute atomic E-state index is 0.0331. The predicted octanol–water partition coefficient (Wildman–Crippen LogP) is 16.7. The number of hydrogen-bond acceptors (Lipinski definition) is 2. The van der Waals surface area contributed by atoms with E-state index in [0.29, 0.717) is 0 Å². The van der Waals surface area contributed by atoms with Gasteiger partial charge in [-0.3, -0.25) is 0 Å². The van der Waals surface area contributed by atoms with E-state index in [1.54, 1.807) is 0 Å². The lowest BCUT2D eigenvalue weighted by atomic mass is 9.34. The summed E-state index contributed by atoms with van der Waals surface area (Å²) in [6.45, 7) is 32.1. The number of halogens is 1. The van der Waals surface area contributed by atoms with Crippen molar-refractivity contribution < 1.29 is 0 Å². The Balaban J connectivity index is 0.000000174. The summed E-state index contributed by atoms with van der Waals surface area (Å²) >= 11 is 7.91. The number of anilines is 6. The number of benzene rings is 12. The lowest BCUT2D eigenvalue weighted by molar-refractivity contribution is 0.590. The first-order chi connectivity index (χ1) is 45.9. The van der Waals surface area contributed by atoms with Crippen LogP contribution in [0.1, 0.15) is 116 Å². The fourth-order valence-electron chi connectivity index (χ4n) is 15.3. The van der Waals surface area contributed by atoms with Crippen LogP contribution in [-0.4, -0.2) is 22.9 Å². The van der Waals surface area contributed by atoms with E-state index in [1.807, 2.05) is 0 Å². The van der Waals surface area contributed by atoms with E-state index in [-0.39, 0.29) is 28.4 Å². The van der Waals surface area contributed by atoms with Gasteiger partial charge in [-0.1, -0.05) is 337 Å². The third kappa shape index (κ3) is 11.9. The van der Waals surface area contributed by atoms with Crippen LogP contribution in [0.5, 0.6) is 0 Å². The molecular formula is C90H90BClN2Si2. The molecule has 2 heterocycles. The van der Waals surface area contributed by atoms with Crippen molar-refractivity contribution in [1.29, 1.82) is 0 Å². The van der Waals surface area contributed by atoms with Crippen LogP contribution in [0.25, 0.3) is 0 Å². The van der Waals surface area contributed by atoms with E-state index in [2.05, 4.69) is 398 Å². The van der Waals surface area contributed by atoms with E-state index < -0.39 is 16.1 Å². The quantitative estimate of drug-likeness (QED) is 0.0995. The minimum atomic E-state index is -2.88. The molecule has 12 aromatic carbocycles. The first-order valence-electron chi connectivity index (χ1n) is 34.3. The zero-order valence-corrected chi connectivity index (χ0v) is 61.3. The number of fused-ring (bicyclic) bond motifs is 4. The van der Waals surface area contributed by atoms with Gasteiger partial charge in [0.05, 0.1) is 10.7 Å². The summed E-state index contributed by atoms with van der Waals surface area (Å²) in [5, 5.41) is 11.8. The van der Waals surface area contributed by atoms with Crippen LogP contribution >= 0.6 is 11.6 Å². The summed E-state index contributed by atoms with van der Waals surface area (Å²) in [7, 11) is -5.61. The maximum absolute atomic E-state index is 7.91. The average molecular weight is 1300 g/mol. The molecule has 2 nitrogen and oxygen atoms in total. The van der Waals surface area contributed by atoms with Crippen LogP contribution < -0.4 is 67.7 Å². The van der Waals surface area contributed by atoms with Crippen LogP contribution in [0.2, 0.25) is 5.02 Å². The molecule has 0 fully saturated rings. The highest BCUT2D eigenvalue weighted by atomic mass is 35.5. The number of nitrogens with zero attached hydrogens (tertiary/aromatic N) is 2. The summed E-state index contributed by atoms with van der Waals surface area (Å²) < 4.78 is 0. The normalized spacial score (nSPS) is 13.4. The zero-order chi connectivity index (χ0) is 67.5. The molecule has 0 saturated heterocycles. The smallest absolute Gasteiger partial charge is 0.246 e. The monoisotopic (exact) mass is 1300 g/mol. The van der Waals surface area contributed by atoms with Gasteiger partial charge >= 0.3 is 0 Å². The van der Waals surface area contributed by atoms with Gasteiger partial charge in [0.2, 0.25) is 6.71 Å². The summed E-state index contributed by atoms with van der Waals surface area (Å²) in [6.07, 6.45) is 0. The molecule has 2 aliphatic heterocycles.